The van der Waals surface area contributed by atoms with Crippen LogP contribution in [0.25, 0.3) is 0 Å². The number of aromatic nitrogens is 2. The topological polar surface area (TPSA) is 64.4 Å². The zero-order valence-electron chi connectivity index (χ0n) is 9.80. The van der Waals surface area contributed by atoms with Crippen molar-refractivity contribution in [2.75, 3.05) is 21.2 Å². The lowest BCUT2D eigenvalue weighted by Crippen LogP contribution is -2.23. The molecule has 0 bridgehead atoms. The minimum absolute atomic E-state index is 0.198. The maximum Gasteiger partial charge on any atom is 0.330 e. The fourth-order valence-electron chi connectivity index (χ4n) is 1.18. The zero-order chi connectivity index (χ0) is 12.3. The van der Waals surface area contributed by atoms with Crippen molar-refractivity contribution in [2.24, 2.45) is 0 Å². The van der Waals surface area contributed by atoms with E-state index in [0.29, 0.717) is 5.69 Å². The van der Waals surface area contributed by atoms with E-state index in [-0.39, 0.29) is 5.91 Å². The molecule has 1 rings (SSSR count). The Labute approximate surface area is 93.8 Å². The molecule has 0 fully saturated rings. The van der Waals surface area contributed by atoms with Crippen molar-refractivity contribution in [3.8, 4) is 0 Å². The lowest BCUT2D eigenvalue weighted by atomic mass is 10.3. The van der Waals surface area contributed by atoms with Crippen LogP contribution in [0.3, 0.4) is 0 Å². The van der Waals surface area contributed by atoms with E-state index in [1.165, 1.54) is 16.7 Å². The van der Waals surface area contributed by atoms with Crippen LogP contribution in [0, 0.1) is 0 Å². The molecule has 0 aliphatic heterocycles. The van der Waals surface area contributed by atoms with E-state index in [1.807, 2.05) is 0 Å². The van der Waals surface area contributed by atoms with Crippen LogP contribution in [0.5, 0.6) is 0 Å². The number of esters is 1. The summed E-state index contributed by atoms with van der Waals surface area (Å²) in [6.45, 7) is 1.66. The Morgan fingerprint density at radius 3 is 2.62 bits per heavy atom. The molecular formula is C10H15N3O3. The second kappa shape index (κ2) is 4.78. The number of methoxy groups -OCH3 is 1. The Morgan fingerprint density at radius 1 is 1.50 bits per heavy atom. The van der Waals surface area contributed by atoms with Gasteiger partial charge in [0.15, 0.2) is 0 Å². The molecule has 88 valence electrons. The van der Waals surface area contributed by atoms with Gasteiger partial charge < -0.3 is 9.64 Å². The average Bonchev–Trinajstić information content (AvgIpc) is 2.74. The van der Waals surface area contributed by atoms with Crippen LogP contribution in [0.2, 0.25) is 0 Å². The van der Waals surface area contributed by atoms with Gasteiger partial charge in [-0.2, -0.15) is 5.10 Å². The Bertz CT molecular complexity index is 398. The summed E-state index contributed by atoms with van der Waals surface area (Å²) < 4.78 is 5.99. The first-order valence-electron chi connectivity index (χ1n) is 4.82. The van der Waals surface area contributed by atoms with Crippen LogP contribution in [0.1, 0.15) is 23.5 Å². The summed E-state index contributed by atoms with van der Waals surface area (Å²) in [4.78, 5) is 24.2. The van der Waals surface area contributed by atoms with Gasteiger partial charge in [-0.25, -0.2) is 4.79 Å². The molecule has 0 N–H and O–H groups in total. The van der Waals surface area contributed by atoms with Gasteiger partial charge in [0.25, 0.3) is 5.91 Å². The predicted octanol–water partition coefficient (Wildman–Crippen LogP) is 0.319. The van der Waals surface area contributed by atoms with Gasteiger partial charge in [0.2, 0.25) is 0 Å². The summed E-state index contributed by atoms with van der Waals surface area (Å²) in [5.41, 5.74) is 0.306. The van der Waals surface area contributed by atoms with Gasteiger partial charge in [-0.05, 0) is 13.0 Å². The summed E-state index contributed by atoms with van der Waals surface area (Å²) in [6, 6.07) is 1.04. The summed E-state index contributed by atoms with van der Waals surface area (Å²) >= 11 is 0. The third-order valence-corrected chi connectivity index (χ3v) is 2.17. The minimum atomic E-state index is -0.534. The van der Waals surface area contributed by atoms with Gasteiger partial charge in [0, 0.05) is 20.3 Å². The smallest absolute Gasteiger partial charge is 0.330 e. The van der Waals surface area contributed by atoms with E-state index in [1.54, 1.807) is 33.3 Å². The summed E-state index contributed by atoms with van der Waals surface area (Å²) in [6.07, 6.45) is 1.58. The van der Waals surface area contributed by atoms with E-state index >= 15 is 0 Å². The highest BCUT2D eigenvalue weighted by Crippen LogP contribution is 2.08. The molecular weight excluding hydrogens is 210 g/mol. The lowest BCUT2D eigenvalue weighted by Gasteiger charge is -2.10. The van der Waals surface area contributed by atoms with Crippen LogP contribution < -0.4 is 0 Å². The largest absolute Gasteiger partial charge is 0.467 e. The summed E-state index contributed by atoms with van der Waals surface area (Å²) in [7, 11) is 4.60. The fraction of sp³-hybridized carbons (Fsp3) is 0.500. The molecule has 0 aliphatic rings. The SMILES string of the molecule is COC(=O)C(C)n1ccc(C(=O)N(C)C)n1. The van der Waals surface area contributed by atoms with Crippen LogP contribution in [-0.4, -0.2) is 47.8 Å². The average molecular weight is 225 g/mol. The Kier molecular flexibility index (Phi) is 3.65. The number of amides is 1. The van der Waals surface area contributed by atoms with E-state index in [4.69, 9.17) is 0 Å². The van der Waals surface area contributed by atoms with Crippen molar-refractivity contribution in [3.63, 3.8) is 0 Å². The molecule has 1 atom stereocenters. The molecule has 0 radical (unpaired) electrons. The van der Waals surface area contributed by atoms with Gasteiger partial charge >= 0.3 is 5.97 Å². The molecule has 1 unspecified atom stereocenters. The van der Waals surface area contributed by atoms with Crippen molar-refractivity contribution in [2.45, 2.75) is 13.0 Å². The second-order valence-corrected chi connectivity index (χ2v) is 3.58. The number of ether oxygens (including phenoxy) is 1. The van der Waals surface area contributed by atoms with E-state index < -0.39 is 12.0 Å². The second-order valence-electron chi connectivity index (χ2n) is 3.58. The third kappa shape index (κ3) is 2.39. The molecule has 0 aliphatic carbocycles. The number of carbonyl (C=O) groups excluding carboxylic acids is 2. The number of hydrogen-bond donors (Lipinski definition) is 0. The van der Waals surface area contributed by atoms with E-state index in [9.17, 15) is 9.59 Å². The first kappa shape index (κ1) is 12.2. The molecule has 1 amide bonds. The van der Waals surface area contributed by atoms with Gasteiger partial charge in [-0.1, -0.05) is 0 Å². The molecule has 0 aromatic carbocycles. The van der Waals surface area contributed by atoms with Crippen molar-refractivity contribution in [3.05, 3.63) is 18.0 Å². The Hall–Kier alpha value is -1.85. The number of hydrogen-bond acceptors (Lipinski definition) is 4. The molecule has 0 spiro atoms. The Morgan fingerprint density at radius 2 is 2.12 bits per heavy atom. The quantitative estimate of drug-likeness (QED) is 0.695. The number of carbonyl (C=O) groups is 2. The molecule has 6 heteroatoms. The monoisotopic (exact) mass is 225 g/mol. The first-order chi connectivity index (χ1) is 7.47. The van der Waals surface area contributed by atoms with Gasteiger partial charge in [0.1, 0.15) is 11.7 Å². The molecule has 16 heavy (non-hydrogen) atoms. The molecule has 0 saturated heterocycles. The molecule has 1 aromatic heterocycles. The van der Waals surface area contributed by atoms with Gasteiger partial charge in [-0.3, -0.25) is 9.48 Å². The predicted molar refractivity (Wildman–Crippen MR) is 57.0 cm³/mol. The highest BCUT2D eigenvalue weighted by atomic mass is 16.5. The van der Waals surface area contributed by atoms with Crippen molar-refractivity contribution in [1.29, 1.82) is 0 Å². The normalized spacial score (nSPS) is 12.0. The highest BCUT2D eigenvalue weighted by molar-refractivity contribution is 5.91. The van der Waals surface area contributed by atoms with Crippen LogP contribution >= 0.6 is 0 Å². The molecule has 6 nitrogen and oxygen atoms in total. The molecule has 1 heterocycles. The summed E-state index contributed by atoms with van der Waals surface area (Å²) in [5, 5.41) is 4.03. The first-order valence-corrected chi connectivity index (χ1v) is 4.82. The fourth-order valence-corrected chi connectivity index (χ4v) is 1.18. The molecule has 0 saturated carbocycles. The molecule has 1 aromatic rings. The highest BCUT2D eigenvalue weighted by Gasteiger charge is 2.18. The van der Waals surface area contributed by atoms with Gasteiger partial charge in [0.05, 0.1) is 7.11 Å². The minimum Gasteiger partial charge on any atom is -0.467 e. The summed E-state index contributed by atoms with van der Waals surface area (Å²) in [5.74, 6) is -0.595. The lowest BCUT2D eigenvalue weighted by molar-refractivity contribution is -0.144. The van der Waals surface area contributed by atoms with Crippen molar-refractivity contribution < 1.29 is 14.3 Å². The van der Waals surface area contributed by atoms with E-state index in [0.717, 1.165) is 0 Å². The standard InChI is InChI=1S/C10H15N3O3/c1-7(10(15)16-4)13-6-5-8(11-13)9(14)12(2)3/h5-7H,1-4H3. The zero-order valence-corrected chi connectivity index (χ0v) is 9.80. The number of nitrogens with zero attached hydrogens (tertiary/aromatic N) is 3. The van der Waals surface area contributed by atoms with E-state index in [2.05, 4.69) is 9.84 Å². The van der Waals surface area contributed by atoms with Crippen LogP contribution in [-0.2, 0) is 9.53 Å². The van der Waals surface area contributed by atoms with Crippen LogP contribution in [0.4, 0.5) is 0 Å². The maximum absolute atomic E-state index is 11.6. The Balaban J connectivity index is 2.87. The van der Waals surface area contributed by atoms with Gasteiger partial charge in [-0.15, -0.1) is 0 Å². The maximum atomic E-state index is 11.6. The third-order valence-electron chi connectivity index (χ3n) is 2.17. The van der Waals surface area contributed by atoms with Crippen LogP contribution in [0.15, 0.2) is 12.3 Å². The van der Waals surface area contributed by atoms with Crippen molar-refractivity contribution in [1.82, 2.24) is 14.7 Å². The number of rotatable bonds is 3. The van der Waals surface area contributed by atoms with Crippen molar-refractivity contribution >= 4 is 11.9 Å².